The summed E-state index contributed by atoms with van der Waals surface area (Å²) < 4.78 is 0. The summed E-state index contributed by atoms with van der Waals surface area (Å²) in [6.45, 7) is 10.7. The molecule has 0 atom stereocenters. The van der Waals surface area contributed by atoms with Crippen molar-refractivity contribution in [2.24, 2.45) is 5.73 Å². The van der Waals surface area contributed by atoms with E-state index in [-0.39, 0.29) is 0 Å². The number of hydrogen-bond acceptors (Lipinski definition) is 3. The van der Waals surface area contributed by atoms with Gasteiger partial charge in [0.2, 0.25) is 0 Å². The van der Waals surface area contributed by atoms with Gasteiger partial charge in [0.1, 0.15) is 0 Å². The van der Waals surface area contributed by atoms with Gasteiger partial charge >= 0.3 is 0 Å². The second kappa shape index (κ2) is 8.97. The summed E-state index contributed by atoms with van der Waals surface area (Å²) in [5.41, 5.74) is 5.47. The molecule has 0 aromatic carbocycles. The van der Waals surface area contributed by atoms with Crippen molar-refractivity contribution in [3.63, 3.8) is 0 Å². The molecule has 0 spiro atoms. The Hall–Kier alpha value is -0.120. The van der Waals surface area contributed by atoms with Crippen LogP contribution in [-0.4, -0.2) is 55.6 Å². The van der Waals surface area contributed by atoms with E-state index in [1.165, 1.54) is 71.4 Å². The van der Waals surface area contributed by atoms with E-state index >= 15 is 0 Å². The van der Waals surface area contributed by atoms with E-state index < -0.39 is 0 Å². The summed E-state index contributed by atoms with van der Waals surface area (Å²) >= 11 is 0. The monoisotopic (exact) mass is 227 g/mol. The van der Waals surface area contributed by atoms with Gasteiger partial charge in [-0.05, 0) is 32.5 Å². The van der Waals surface area contributed by atoms with Crippen LogP contribution in [0.15, 0.2) is 0 Å². The Bertz CT molecular complexity index is 153. The fourth-order valence-corrected chi connectivity index (χ4v) is 2.34. The standard InChI is InChI=1S/C13H29N3/c1-2-15-10-12-16(13-11-15)9-7-5-3-4-6-8-14/h2-14H2,1H3. The highest BCUT2D eigenvalue weighted by atomic mass is 15.3. The van der Waals surface area contributed by atoms with Gasteiger partial charge < -0.3 is 15.5 Å². The Morgan fingerprint density at radius 3 is 2.00 bits per heavy atom. The van der Waals surface area contributed by atoms with Crippen LogP contribution in [0.2, 0.25) is 0 Å². The summed E-state index contributed by atoms with van der Waals surface area (Å²) in [4.78, 5) is 5.16. The molecule has 1 aliphatic heterocycles. The molecule has 0 unspecified atom stereocenters. The van der Waals surface area contributed by atoms with Gasteiger partial charge in [-0.25, -0.2) is 0 Å². The lowest BCUT2D eigenvalue weighted by Crippen LogP contribution is -2.46. The number of hydrogen-bond donors (Lipinski definition) is 1. The van der Waals surface area contributed by atoms with Crippen LogP contribution >= 0.6 is 0 Å². The van der Waals surface area contributed by atoms with Crippen LogP contribution in [0.4, 0.5) is 0 Å². The van der Waals surface area contributed by atoms with Crippen LogP contribution in [-0.2, 0) is 0 Å². The number of nitrogens with two attached hydrogens (primary N) is 1. The molecule has 2 N–H and O–H groups in total. The predicted molar refractivity (Wildman–Crippen MR) is 70.7 cm³/mol. The van der Waals surface area contributed by atoms with Gasteiger partial charge in [0.25, 0.3) is 0 Å². The molecule has 0 saturated carbocycles. The zero-order chi connectivity index (χ0) is 11.6. The predicted octanol–water partition coefficient (Wildman–Crippen LogP) is 1.53. The van der Waals surface area contributed by atoms with E-state index in [2.05, 4.69) is 16.7 Å². The first-order valence-corrected chi connectivity index (χ1v) is 7.01. The topological polar surface area (TPSA) is 32.5 Å². The third-order valence-electron chi connectivity index (χ3n) is 3.59. The zero-order valence-electron chi connectivity index (χ0n) is 11.0. The molecule has 0 bridgehead atoms. The van der Waals surface area contributed by atoms with Gasteiger partial charge in [-0.3, -0.25) is 0 Å². The van der Waals surface area contributed by atoms with Crippen LogP contribution in [0.25, 0.3) is 0 Å². The fourth-order valence-electron chi connectivity index (χ4n) is 2.34. The van der Waals surface area contributed by atoms with Crippen molar-refractivity contribution in [3.8, 4) is 0 Å². The molecule has 1 rings (SSSR count). The highest BCUT2D eigenvalue weighted by Gasteiger charge is 2.14. The minimum atomic E-state index is 0.860. The smallest absolute Gasteiger partial charge is 0.0110 e. The third kappa shape index (κ3) is 5.83. The van der Waals surface area contributed by atoms with Gasteiger partial charge in [0.05, 0.1) is 0 Å². The van der Waals surface area contributed by atoms with E-state index in [1.54, 1.807) is 0 Å². The van der Waals surface area contributed by atoms with Crippen molar-refractivity contribution in [2.75, 3.05) is 45.8 Å². The third-order valence-corrected chi connectivity index (χ3v) is 3.59. The van der Waals surface area contributed by atoms with Gasteiger partial charge in [-0.15, -0.1) is 0 Å². The number of nitrogens with zero attached hydrogens (tertiary/aromatic N) is 2. The largest absolute Gasteiger partial charge is 0.330 e. The Labute approximate surface area is 101 Å². The minimum absolute atomic E-state index is 0.860. The molecule has 96 valence electrons. The van der Waals surface area contributed by atoms with Crippen molar-refractivity contribution in [3.05, 3.63) is 0 Å². The Morgan fingerprint density at radius 1 is 0.812 bits per heavy atom. The molecule has 1 saturated heterocycles. The summed E-state index contributed by atoms with van der Waals surface area (Å²) in [5.74, 6) is 0. The second-order valence-corrected chi connectivity index (χ2v) is 4.83. The SMILES string of the molecule is CCN1CCN(CCCCCCCN)CC1. The molecular weight excluding hydrogens is 198 g/mol. The van der Waals surface area contributed by atoms with Crippen LogP contribution in [0.3, 0.4) is 0 Å². The highest BCUT2D eigenvalue weighted by molar-refractivity contribution is 4.70. The molecule has 0 radical (unpaired) electrons. The first-order chi connectivity index (χ1) is 7.86. The average molecular weight is 227 g/mol. The molecule has 0 aromatic rings. The highest BCUT2D eigenvalue weighted by Crippen LogP contribution is 2.06. The van der Waals surface area contributed by atoms with E-state index in [4.69, 9.17) is 5.73 Å². The lowest BCUT2D eigenvalue weighted by atomic mass is 10.1. The lowest BCUT2D eigenvalue weighted by molar-refractivity contribution is 0.135. The molecule has 0 amide bonds. The molecule has 16 heavy (non-hydrogen) atoms. The van der Waals surface area contributed by atoms with Gasteiger partial charge in [-0.2, -0.15) is 0 Å². The zero-order valence-corrected chi connectivity index (χ0v) is 11.0. The van der Waals surface area contributed by atoms with Gasteiger partial charge in [-0.1, -0.05) is 26.2 Å². The molecule has 3 nitrogen and oxygen atoms in total. The van der Waals surface area contributed by atoms with Crippen LogP contribution in [0, 0.1) is 0 Å². The Kier molecular flexibility index (Phi) is 7.81. The molecule has 1 fully saturated rings. The normalized spacial score (nSPS) is 19.1. The Balaban J connectivity index is 1.90. The lowest BCUT2D eigenvalue weighted by Gasteiger charge is -2.33. The van der Waals surface area contributed by atoms with E-state index in [9.17, 15) is 0 Å². The number of piperazine rings is 1. The maximum Gasteiger partial charge on any atom is 0.0110 e. The van der Waals surface area contributed by atoms with Crippen molar-refractivity contribution in [1.82, 2.24) is 9.80 Å². The summed E-state index contributed by atoms with van der Waals surface area (Å²) in [6.07, 6.45) is 6.64. The van der Waals surface area contributed by atoms with Crippen molar-refractivity contribution in [2.45, 2.75) is 39.0 Å². The fraction of sp³-hybridized carbons (Fsp3) is 1.00. The molecule has 0 aromatic heterocycles. The maximum absolute atomic E-state index is 5.47. The van der Waals surface area contributed by atoms with E-state index in [0.29, 0.717) is 0 Å². The van der Waals surface area contributed by atoms with Crippen molar-refractivity contribution < 1.29 is 0 Å². The van der Waals surface area contributed by atoms with E-state index in [0.717, 1.165) is 6.54 Å². The van der Waals surface area contributed by atoms with Crippen LogP contribution in [0.1, 0.15) is 39.0 Å². The first kappa shape index (κ1) is 13.9. The minimum Gasteiger partial charge on any atom is -0.330 e. The quantitative estimate of drug-likeness (QED) is 0.638. The molecule has 1 aliphatic rings. The summed E-state index contributed by atoms with van der Waals surface area (Å²) in [7, 11) is 0. The first-order valence-electron chi connectivity index (χ1n) is 7.01. The van der Waals surface area contributed by atoms with Crippen molar-refractivity contribution in [1.29, 1.82) is 0 Å². The maximum atomic E-state index is 5.47. The molecule has 1 heterocycles. The van der Waals surface area contributed by atoms with Gasteiger partial charge in [0, 0.05) is 26.2 Å². The van der Waals surface area contributed by atoms with E-state index in [1.807, 2.05) is 0 Å². The Morgan fingerprint density at radius 2 is 1.38 bits per heavy atom. The second-order valence-electron chi connectivity index (χ2n) is 4.83. The number of rotatable bonds is 8. The molecular formula is C13H29N3. The average Bonchev–Trinajstić information content (AvgIpc) is 2.34. The van der Waals surface area contributed by atoms with Crippen molar-refractivity contribution >= 4 is 0 Å². The summed E-state index contributed by atoms with van der Waals surface area (Å²) in [6, 6.07) is 0. The molecule has 3 heteroatoms. The van der Waals surface area contributed by atoms with Crippen LogP contribution < -0.4 is 5.73 Å². The molecule has 0 aliphatic carbocycles. The van der Waals surface area contributed by atoms with Crippen LogP contribution in [0.5, 0.6) is 0 Å². The number of likely N-dealkylation sites (N-methyl/N-ethyl adjacent to an activating group) is 1. The summed E-state index contributed by atoms with van der Waals surface area (Å²) in [5, 5.41) is 0. The number of unbranched alkanes of at least 4 members (excludes halogenated alkanes) is 4. The van der Waals surface area contributed by atoms with Gasteiger partial charge in [0.15, 0.2) is 0 Å².